The number of amides is 1. The monoisotopic (exact) mass is 426 g/mol. The molecule has 0 spiro atoms. The zero-order valence-electron chi connectivity index (χ0n) is 17.5. The Labute approximate surface area is 185 Å². The lowest BCUT2D eigenvalue weighted by atomic mass is 10.0. The topological polar surface area (TPSA) is 58.1 Å². The van der Waals surface area contributed by atoms with Gasteiger partial charge in [0.05, 0.1) is 17.5 Å². The summed E-state index contributed by atoms with van der Waals surface area (Å²) in [4.78, 5) is 14.8. The van der Waals surface area contributed by atoms with Gasteiger partial charge < -0.3 is 10.2 Å². The fourth-order valence-corrected chi connectivity index (χ4v) is 4.26. The molecule has 1 amide bonds. The molecule has 1 aliphatic rings. The number of halogens is 1. The van der Waals surface area contributed by atoms with E-state index in [1.807, 2.05) is 54.6 Å². The highest BCUT2D eigenvalue weighted by atomic mass is 19.1. The molecule has 1 fully saturated rings. The summed E-state index contributed by atoms with van der Waals surface area (Å²) in [5.74, 6) is -0.770. The van der Waals surface area contributed by atoms with Crippen LogP contribution < -0.4 is 5.32 Å². The van der Waals surface area contributed by atoms with Crippen molar-refractivity contribution in [1.82, 2.24) is 15.1 Å². The van der Waals surface area contributed by atoms with Gasteiger partial charge in [0.1, 0.15) is 5.82 Å². The lowest BCUT2D eigenvalue weighted by molar-refractivity contribution is 0.0787. The van der Waals surface area contributed by atoms with Gasteiger partial charge in [0.2, 0.25) is 0 Å². The second-order valence-electron chi connectivity index (χ2n) is 8.12. The van der Waals surface area contributed by atoms with Crippen LogP contribution in [-0.2, 0) is 6.42 Å². The van der Waals surface area contributed by atoms with Crippen LogP contribution in [0.1, 0.15) is 28.0 Å². The van der Waals surface area contributed by atoms with Crippen molar-refractivity contribution in [3.05, 3.63) is 102 Å². The van der Waals surface area contributed by atoms with Crippen molar-refractivity contribution in [2.45, 2.75) is 18.9 Å². The summed E-state index contributed by atoms with van der Waals surface area (Å²) in [6.07, 6.45) is 3.03. The number of fused-ring (bicyclic) bond motifs is 1. The highest BCUT2D eigenvalue weighted by molar-refractivity contribution is 5.95. The van der Waals surface area contributed by atoms with E-state index < -0.39 is 5.82 Å². The molecule has 0 saturated carbocycles. The molecule has 1 aliphatic heterocycles. The SMILES string of the molecule is O=C(c1cc(Cc2nncc3ccccc23)ccc1F)N1CCC(Nc2ccccc2)C1. The Morgan fingerprint density at radius 1 is 1.06 bits per heavy atom. The number of nitrogens with zero attached hydrogens (tertiary/aromatic N) is 3. The van der Waals surface area contributed by atoms with Gasteiger partial charge in [0.25, 0.3) is 5.91 Å². The Hall–Kier alpha value is -3.80. The molecule has 4 aromatic rings. The van der Waals surface area contributed by atoms with Gasteiger partial charge >= 0.3 is 0 Å². The summed E-state index contributed by atoms with van der Waals surface area (Å²) in [5.41, 5.74) is 2.77. The Bertz CT molecular complexity index is 1260. The molecule has 3 aromatic carbocycles. The molecule has 1 unspecified atom stereocenters. The molecular weight excluding hydrogens is 403 g/mol. The van der Waals surface area contributed by atoms with Crippen LogP contribution in [-0.4, -0.2) is 40.1 Å². The summed E-state index contributed by atoms with van der Waals surface area (Å²) < 4.78 is 14.6. The second kappa shape index (κ2) is 8.75. The van der Waals surface area contributed by atoms with Crippen LogP contribution in [0.2, 0.25) is 0 Å². The molecule has 1 atom stereocenters. The van der Waals surface area contributed by atoms with Gasteiger partial charge in [-0.15, -0.1) is 0 Å². The van der Waals surface area contributed by atoms with Gasteiger partial charge in [0.15, 0.2) is 0 Å². The summed E-state index contributed by atoms with van der Waals surface area (Å²) >= 11 is 0. The minimum Gasteiger partial charge on any atom is -0.380 e. The van der Waals surface area contributed by atoms with Crippen LogP contribution in [0.15, 0.2) is 79.0 Å². The average molecular weight is 426 g/mol. The van der Waals surface area contributed by atoms with Crippen LogP contribution >= 0.6 is 0 Å². The van der Waals surface area contributed by atoms with Crippen LogP contribution in [0.4, 0.5) is 10.1 Å². The number of hydrogen-bond acceptors (Lipinski definition) is 4. The molecule has 5 nitrogen and oxygen atoms in total. The zero-order chi connectivity index (χ0) is 21.9. The molecule has 1 N–H and O–H groups in total. The number of para-hydroxylation sites is 1. The predicted octanol–water partition coefficient (Wildman–Crippen LogP) is 4.69. The number of hydrogen-bond donors (Lipinski definition) is 1. The third-order valence-electron chi connectivity index (χ3n) is 5.90. The Balaban J connectivity index is 1.33. The molecule has 6 heteroatoms. The highest BCUT2D eigenvalue weighted by Crippen LogP contribution is 2.22. The standard InChI is InChI=1S/C26H23FN4O/c27-24-11-10-18(15-25-22-9-5-4-6-19(22)16-28-30-25)14-23(24)26(32)31-13-12-21(17-31)29-20-7-2-1-3-8-20/h1-11,14,16,21,29H,12-13,15,17H2. The van der Waals surface area contributed by atoms with Crippen molar-refractivity contribution in [2.24, 2.45) is 0 Å². The van der Waals surface area contributed by atoms with Crippen molar-refractivity contribution in [1.29, 1.82) is 0 Å². The van der Waals surface area contributed by atoms with E-state index in [4.69, 9.17) is 0 Å². The summed E-state index contributed by atoms with van der Waals surface area (Å²) in [6.45, 7) is 1.15. The minimum absolute atomic E-state index is 0.107. The van der Waals surface area contributed by atoms with E-state index >= 15 is 0 Å². The van der Waals surface area contributed by atoms with Crippen molar-refractivity contribution in [2.75, 3.05) is 18.4 Å². The van der Waals surface area contributed by atoms with Crippen molar-refractivity contribution >= 4 is 22.4 Å². The molecule has 32 heavy (non-hydrogen) atoms. The lowest BCUT2D eigenvalue weighted by Gasteiger charge is -2.18. The molecular formula is C26H23FN4O. The number of nitrogens with one attached hydrogen (secondary N) is 1. The molecule has 2 heterocycles. The maximum Gasteiger partial charge on any atom is 0.256 e. The Kier molecular flexibility index (Phi) is 5.50. The van der Waals surface area contributed by atoms with E-state index in [2.05, 4.69) is 15.5 Å². The maximum absolute atomic E-state index is 14.6. The van der Waals surface area contributed by atoms with Gasteiger partial charge in [0, 0.05) is 42.0 Å². The van der Waals surface area contributed by atoms with E-state index in [-0.39, 0.29) is 17.5 Å². The molecule has 0 bridgehead atoms. The first-order valence-corrected chi connectivity index (χ1v) is 10.8. The summed E-state index contributed by atoms with van der Waals surface area (Å²) in [6, 6.07) is 22.7. The van der Waals surface area contributed by atoms with Gasteiger partial charge in [-0.3, -0.25) is 4.79 Å². The zero-order valence-corrected chi connectivity index (χ0v) is 17.5. The van der Waals surface area contributed by atoms with E-state index in [9.17, 15) is 9.18 Å². The first-order valence-electron chi connectivity index (χ1n) is 10.8. The third kappa shape index (κ3) is 4.17. The van der Waals surface area contributed by atoms with E-state index in [1.54, 1.807) is 23.2 Å². The van der Waals surface area contributed by atoms with Gasteiger partial charge in [-0.25, -0.2) is 4.39 Å². The van der Waals surface area contributed by atoms with E-state index in [0.29, 0.717) is 19.5 Å². The first kappa shape index (κ1) is 20.1. The van der Waals surface area contributed by atoms with Crippen LogP contribution in [0.5, 0.6) is 0 Å². The molecule has 160 valence electrons. The van der Waals surface area contributed by atoms with Crippen LogP contribution in [0.3, 0.4) is 0 Å². The van der Waals surface area contributed by atoms with Crippen molar-refractivity contribution < 1.29 is 9.18 Å². The normalized spacial score (nSPS) is 15.8. The number of benzene rings is 3. The first-order chi connectivity index (χ1) is 15.7. The van der Waals surface area contributed by atoms with E-state index in [0.717, 1.165) is 34.1 Å². The largest absolute Gasteiger partial charge is 0.380 e. The average Bonchev–Trinajstić information content (AvgIpc) is 3.29. The summed E-state index contributed by atoms with van der Waals surface area (Å²) in [5, 5.41) is 13.8. The Morgan fingerprint density at radius 2 is 1.88 bits per heavy atom. The minimum atomic E-state index is -0.498. The maximum atomic E-state index is 14.6. The van der Waals surface area contributed by atoms with Gasteiger partial charge in [-0.1, -0.05) is 48.5 Å². The van der Waals surface area contributed by atoms with Gasteiger partial charge in [-0.2, -0.15) is 10.2 Å². The van der Waals surface area contributed by atoms with Crippen molar-refractivity contribution in [3.63, 3.8) is 0 Å². The molecule has 0 aliphatic carbocycles. The molecule has 5 rings (SSSR count). The molecule has 1 saturated heterocycles. The van der Waals surface area contributed by atoms with E-state index in [1.165, 1.54) is 6.07 Å². The summed E-state index contributed by atoms with van der Waals surface area (Å²) in [7, 11) is 0. The lowest BCUT2D eigenvalue weighted by Crippen LogP contribution is -2.32. The quantitative estimate of drug-likeness (QED) is 0.503. The van der Waals surface area contributed by atoms with Gasteiger partial charge in [-0.05, 0) is 36.2 Å². The number of aromatic nitrogens is 2. The third-order valence-corrected chi connectivity index (χ3v) is 5.90. The Morgan fingerprint density at radius 3 is 2.75 bits per heavy atom. The second-order valence-corrected chi connectivity index (χ2v) is 8.12. The molecule has 1 aromatic heterocycles. The number of rotatable bonds is 5. The smallest absolute Gasteiger partial charge is 0.256 e. The number of anilines is 1. The predicted molar refractivity (Wildman–Crippen MR) is 123 cm³/mol. The fraction of sp³-hybridized carbons (Fsp3) is 0.192. The van der Waals surface area contributed by atoms with Crippen LogP contribution in [0, 0.1) is 5.82 Å². The number of likely N-dealkylation sites (tertiary alicyclic amines) is 1. The molecule has 0 radical (unpaired) electrons. The fourth-order valence-electron chi connectivity index (χ4n) is 4.26. The highest BCUT2D eigenvalue weighted by Gasteiger charge is 2.28. The van der Waals surface area contributed by atoms with Crippen LogP contribution in [0.25, 0.3) is 10.8 Å². The number of carbonyl (C=O) groups is 1. The van der Waals surface area contributed by atoms with Crippen molar-refractivity contribution in [3.8, 4) is 0 Å². The number of carbonyl (C=O) groups excluding carboxylic acids is 1.